The van der Waals surface area contributed by atoms with Crippen molar-refractivity contribution in [3.05, 3.63) is 64.5 Å². The highest BCUT2D eigenvalue weighted by Crippen LogP contribution is 2.24. The average molecular weight is 363 g/mol. The molecule has 2 N–H and O–H groups in total. The third-order valence-corrected chi connectivity index (χ3v) is 5.09. The van der Waals surface area contributed by atoms with Crippen LogP contribution >= 0.6 is 0 Å². The minimum Gasteiger partial charge on any atom is -0.478 e. The smallest absolute Gasteiger partial charge is 0.337 e. The molecule has 0 amide bonds. The lowest BCUT2D eigenvalue weighted by atomic mass is 10.1. The molecule has 3 aromatic heterocycles. The van der Waals surface area contributed by atoms with Crippen LogP contribution in [0.5, 0.6) is 0 Å². The van der Waals surface area contributed by atoms with Crippen LogP contribution < -0.4 is 0 Å². The summed E-state index contributed by atoms with van der Waals surface area (Å²) in [5, 5.41) is 9.36. The first-order chi connectivity index (χ1) is 13.0. The van der Waals surface area contributed by atoms with Crippen LogP contribution in [0.4, 0.5) is 0 Å². The molecule has 7 heteroatoms. The molecule has 27 heavy (non-hydrogen) atoms. The molecule has 0 radical (unpaired) electrons. The Balaban J connectivity index is 1.53. The number of carboxylic acids is 1. The van der Waals surface area contributed by atoms with E-state index in [4.69, 9.17) is 4.98 Å². The molecule has 0 aromatic carbocycles. The van der Waals surface area contributed by atoms with E-state index in [1.54, 1.807) is 19.3 Å². The number of aromatic nitrogens is 4. The van der Waals surface area contributed by atoms with E-state index in [0.717, 1.165) is 53.4 Å². The van der Waals surface area contributed by atoms with Crippen molar-refractivity contribution in [1.29, 1.82) is 0 Å². The molecular formula is C20H21N5O2. The van der Waals surface area contributed by atoms with Gasteiger partial charge in [-0.15, -0.1) is 0 Å². The predicted octanol–water partition coefficient (Wildman–Crippen LogP) is 2.74. The number of H-pyrrole nitrogens is 1. The predicted molar refractivity (Wildman–Crippen MR) is 100 cm³/mol. The Kier molecular flexibility index (Phi) is 4.45. The van der Waals surface area contributed by atoms with Crippen LogP contribution in [0, 0.1) is 13.8 Å². The Hall–Kier alpha value is -3.06. The van der Waals surface area contributed by atoms with Gasteiger partial charge in [0, 0.05) is 67.2 Å². The normalized spacial score (nSPS) is 14.1. The van der Waals surface area contributed by atoms with E-state index >= 15 is 0 Å². The zero-order chi connectivity index (χ0) is 19.0. The Bertz CT molecular complexity index is 997. The number of rotatable bonds is 4. The first-order valence-corrected chi connectivity index (χ1v) is 8.92. The van der Waals surface area contributed by atoms with Crippen molar-refractivity contribution < 1.29 is 9.90 Å². The first-order valence-electron chi connectivity index (χ1n) is 8.92. The van der Waals surface area contributed by atoms with E-state index in [2.05, 4.69) is 19.9 Å². The lowest BCUT2D eigenvalue weighted by Crippen LogP contribution is -2.31. The number of aryl methyl sites for hydroxylation is 1. The van der Waals surface area contributed by atoms with Crippen molar-refractivity contribution in [1.82, 2.24) is 24.8 Å². The number of nitrogens with one attached hydrogen (secondary N) is 1. The number of hydrogen-bond donors (Lipinski definition) is 2. The summed E-state index contributed by atoms with van der Waals surface area (Å²) in [6.45, 7) is 5.99. The minimum absolute atomic E-state index is 0.382. The average Bonchev–Trinajstić information content (AvgIpc) is 2.95. The molecule has 4 rings (SSSR count). The second-order valence-corrected chi connectivity index (χ2v) is 6.90. The van der Waals surface area contributed by atoms with Gasteiger partial charge < -0.3 is 10.1 Å². The summed E-state index contributed by atoms with van der Waals surface area (Å²) in [6, 6.07) is 3.82. The molecule has 0 fully saturated rings. The quantitative estimate of drug-likeness (QED) is 0.740. The molecule has 0 spiro atoms. The summed E-state index contributed by atoms with van der Waals surface area (Å²) in [5.41, 5.74) is 6.04. The van der Waals surface area contributed by atoms with Crippen LogP contribution in [0.15, 0.2) is 30.7 Å². The van der Waals surface area contributed by atoms with Gasteiger partial charge in [-0.05, 0) is 31.5 Å². The SMILES string of the molecule is Cc1[nH]c(CN2CCc3nc(-c4ccncc4)ncc3C2)c(C)c1C(=O)O. The van der Waals surface area contributed by atoms with Crippen molar-refractivity contribution in [3.8, 4) is 11.4 Å². The van der Waals surface area contributed by atoms with Gasteiger partial charge in [0.15, 0.2) is 5.82 Å². The fourth-order valence-corrected chi connectivity index (χ4v) is 3.67. The molecule has 138 valence electrons. The van der Waals surface area contributed by atoms with Crippen molar-refractivity contribution in [3.63, 3.8) is 0 Å². The Morgan fingerprint density at radius 2 is 2.07 bits per heavy atom. The van der Waals surface area contributed by atoms with Crippen molar-refractivity contribution >= 4 is 5.97 Å². The third kappa shape index (κ3) is 3.33. The molecule has 1 aliphatic rings. The molecule has 3 aromatic rings. The van der Waals surface area contributed by atoms with E-state index in [1.807, 2.05) is 25.3 Å². The summed E-state index contributed by atoms with van der Waals surface area (Å²) >= 11 is 0. The van der Waals surface area contributed by atoms with E-state index in [0.29, 0.717) is 17.8 Å². The molecule has 0 atom stereocenters. The second kappa shape index (κ2) is 6.92. The lowest BCUT2D eigenvalue weighted by molar-refractivity contribution is 0.0695. The number of aromatic amines is 1. The van der Waals surface area contributed by atoms with Crippen molar-refractivity contribution in [2.75, 3.05) is 6.54 Å². The second-order valence-electron chi connectivity index (χ2n) is 6.90. The summed E-state index contributed by atoms with van der Waals surface area (Å²) < 4.78 is 0. The minimum atomic E-state index is -0.881. The number of pyridine rings is 1. The maximum absolute atomic E-state index is 11.4. The molecule has 0 saturated carbocycles. The Morgan fingerprint density at radius 1 is 1.30 bits per heavy atom. The van der Waals surface area contributed by atoms with Crippen LogP contribution in [-0.4, -0.2) is 42.5 Å². The molecule has 7 nitrogen and oxygen atoms in total. The van der Waals surface area contributed by atoms with Crippen LogP contribution in [-0.2, 0) is 19.5 Å². The summed E-state index contributed by atoms with van der Waals surface area (Å²) in [5.74, 6) is -0.153. The highest BCUT2D eigenvalue weighted by molar-refractivity contribution is 5.91. The van der Waals surface area contributed by atoms with Crippen LogP contribution in [0.25, 0.3) is 11.4 Å². The topological polar surface area (TPSA) is 95.0 Å². The van der Waals surface area contributed by atoms with Gasteiger partial charge in [-0.1, -0.05) is 0 Å². The van der Waals surface area contributed by atoms with Gasteiger partial charge in [0.25, 0.3) is 0 Å². The monoisotopic (exact) mass is 363 g/mol. The number of carbonyl (C=O) groups is 1. The molecular weight excluding hydrogens is 342 g/mol. The standard InChI is InChI=1S/C20H21N5O2/c1-12-17(23-13(2)18(12)20(26)27)11-25-8-5-16-15(10-25)9-22-19(24-16)14-3-6-21-7-4-14/h3-4,6-7,9,23H,5,8,10-11H2,1-2H3,(H,26,27). The Labute approximate surface area is 157 Å². The molecule has 0 bridgehead atoms. The zero-order valence-corrected chi connectivity index (χ0v) is 15.4. The fraction of sp³-hybridized carbons (Fsp3) is 0.300. The molecule has 4 heterocycles. The summed E-state index contributed by atoms with van der Waals surface area (Å²) in [6.07, 6.45) is 6.23. The van der Waals surface area contributed by atoms with Gasteiger partial charge in [-0.3, -0.25) is 9.88 Å². The van der Waals surface area contributed by atoms with Crippen molar-refractivity contribution in [2.45, 2.75) is 33.4 Å². The molecule has 0 unspecified atom stereocenters. The van der Waals surface area contributed by atoms with Gasteiger partial charge in [-0.2, -0.15) is 0 Å². The zero-order valence-electron chi connectivity index (χ0n) is 15.4. The van der Waals surface area contributed by atoms with E-state index in [1.165, 1.54) is 0 Å². The number of nitrogens with zero attached hydrogens (tertiary/aromatic N) is 4. The number of aromatic carboxylic acids is 1. The van der Waals surface area contributed by atoms with E-state index in [-0.39, 0.29) is 0 Å². The third-order valence-electron chi connectivity index (χ3n) is 5.09. The number of hydrogen-bond acceptors (Lipinski definition) is 5. The first kappa shape index (κ1) is 17.4. The number of carboxylic acid groups (broad SMARTS) is 1. The van der Waals surface area contributed by atoms with Crippen LogP contribution in [0.3, 0.4) is 0 Å². The largest absolute Gasteiger partial charge is 0.478 e. The molecule has 1 aliphatic heterocycles. The van der Waals surface area contributed by atoms with Crippen LogP contribution in [0.2, 0.25) is 0 Å². The van der Waals surface area contributed by atoms with Gasteiger partial charge in [0.2, 0.25) is 0 Å². The van der Waals surface area contributed by atoms with E-state index in [9.17, 15) is 9.90 Å². The van der Waals surface area contributed by atoms with Gasteiger partial charge in [0.05, 0.1) is 11.3 Å². The maximum atomic E-state index is 11.4. The van der Waals surface area contributed by atoms with Gasteiger partial charge in [-0.25, -0.2) is 14.8 Å². The van der Waals surface area contributed by atoms with Gasteiger partial charge >= 0.3 is 5.97 Å². The lowest BCUT2D eigenvalue weighted by Gasteiger charge is -2.28. The molecule has 0 aliphatic carbocycles. The van der Waals surface area contributed by atoms with Crippen molar-refractivity contribution in [2.24, 2.45) is 0 Å². The summed E-state index contributed by atoms with van der Waals surface area (Å²) in [4.78, 5) is 30.2. The highest BCUT2D eigenvalue weighted by Gasteiger charge is 2.22. The highest BCUT2D eigenvalue weighted by atomic mass is 16.4. The fourth-order valence-electron chi connectivity index (χ4n) is 3.67. The van der Waals surface area contributed by atoms with Gasteiger partial charge in [0.1, 0.15) is 0 Å². The summed E-state index contributed by atoms with van der Waals surface area (Å²) in [7, 11) is 0. The van der Waals surface area contributed by atoms with Crippen LogP contribution in [0.1, 0.15) is 38.6 Å². The Morgan fingerprint density at radius 3 is 2.78 bits per heavy atom. The number of fused-ring (bicyclic) bond motifs is 1. The maximum Gasteiger partial charge on any atom is 0.337 e. The molecule has 0 saturated heterocycles. The van der Waals surface area contributed by atoms with E-state index < -0.39 is 5.97 Å².